The Labute approximate surface area is 200 Å². The molecule has 32 heavy (non-hydrogen) atoms. The van der Waals surface area contributed by atoms with Gasteiger partial charge in [0.05, 0.1) is 7.11 Å². The lowest BCUT2D eigenvalue weighted by molar-refractivity contribution is 0.248. The van der Waals surface area contributed by atoms with E-state index in [1.54, 1.807) is 7.11 Å². The quantitative estimate of drug-likeness (QED) is 0.465. The van der Waals surface area contributed by atoms with Gasteiger partial charge >= 0.3 is 6.03 Å². The molecule has 1 fully saturated rings. The zero-order valence-corrected chi connectivity index (χ0v) is 20.3. The first kappa shape index (κ1) is 22.5. The van der Waals surface area contributed by atoms with Gasteiger partial charge in [0.15, 0.2) is 0 Å². The van der Waals surface area contributed by atoms with E-state index in [-0.39, 0.29) is 6.03 Å². The minimum atomic E-state index is -0.166. The summed E-state index contributed by atoms with van der Waals surface area (Å²) in [5, 5.41) is 6.84. The molecule has 0 saturated carbocycles. The number of methoxy groups -OCH3 is 1. The molecule has 1 aliphatic heterocycles. The maximum absolute atomic E-state index is 12.2. The zero-order chi connectivity index (χ0) is 22.3. The Morgan fingerprint density at radius 1 is 1.22 bits per heavy atom. The minimum Gasteiger partial charge on any atom is -0.497 e. The second-order valence-electron chi connectivity index (χ2n) is 7.79. The predicted octanol–water partition coefficient (Wildman–Crippen LogP) is 4.94. The first-order valence-electron chi connectivity index (χ1n) is 10.6. The van der Waals surface area contributed by atoms with Gasteiger partial charge in [0.1, 0.15) is 11.6 Å². The number of carbonyl (C=O) groups is 1. The number of hydrogen-bond donors (Lipinski definition) is 2. The van der Waals surface area contributed by atoms with Crippen LogP contribution < -0.4 is 20.3 Å². The van der Waals surface area contributed by atoms with Crippen LogP contribution in [0.5, 0.6) is 5.75 Å². The molecule has 0 spiro atoms. The van der Waals surface area contributed by atoms with Gasteiger partial charge in [0.25, 0.3) is 0 Å². The first-order valence-corrected chi connectivity index (χ1v) is 12.2. The van der Waals surface area contributed by atoms with Crippen LogP contribution in [-0.4, -0.2) is 42.1 Å². The van der Waals surface area contributed by atoms with E-state index in [0.717, 1.165) is 58.4 Å². The fraction of sp³-hybridized carbons (Fsp3) is 0.348. The van der Waals surface area contributed by atoms with E-state index in [1.807, 2.05) is 42.5 Å². The molecule has 1 saturated heterocycles. The summed E-state index contributed by atoms with van der Waals surface area (Å²) in [4.78, 5) is 19.2. The van der Waals surface area contributed by atoms with Gasteiger partial charge in [-0.2, -0.15) is 4.37 Å². The lowest BCUT2D eigenvalue weighted by Crippen LogP contribution is -2.39. The van der Waals surface area contributed by atoms with Gasteiger partial charge in [0.2, 0.25) is 5.13 Å². The highest BCUT2D eigenvalue weighted by Crippen LogP contribution is 2.25. The number of hydrogen-bond acceptors (Lipinski definition) is 6. The van der Waals surface area contributed by atoms with Gasteiger partial charge in [-0.25, -0.2) is 9.78 Å². The number of benzene rings is 2. The number of rotatable bonds is 7. The molecule has 2 heterocycles. The number of amides is 2. The molecule has 7 nitrogen and oxygen atoms in total. The van der Waals surface area contributed by atoms with Crippen LogP contribution in [0.2, 0.25) is 0 Å². The number of nitrogens with one attached hydrogen (secondary N) is 2. The van der Waals surface area contributed by atoms with E-state index < -0.39 is 0 Å². The van der Waals surface area contributed by atoms with Crippen LogP contribution >= 0.6 is 27.5 Å². The highest BCUT2D eigenvalue weighted by Gasteiger charge is 2.22. The Morgan fingerprint density at radius 3 is 2.75 bits per heavy atom. The fourth-order valence-electron chi connectivity index (χ4n) is 3.68. The number of ether oxygens (including phenoxy) is 1. The van der Waals surface area contributed by atoms with Gasteiger partial charge in [-0.3, -0.25) is 0 Å². The molecule has 0 bridgehead atoms. The van der Waals surface area contributed by atoms with E-state index in [1.165, 1.54) is 11.5 Å². The summed E-state index contributed by atoms with van der Waals surface area (Å²) in [5.41, 5.74) is 1.92. The molecule has 1 aromatic heterocycles. The monoisotopic (exact) mass is 515 g/mol. The average molecular weight is 516 g/mol. The number of urea groups is 1. The molecule has 4 rings (SSSR count). The maximum Gasteiger partial charge on any atom is 0.319 e. The van der Waals surface area contributed by atoms with Crippen molar-refractivity contribution in [3.63, 3.8) is 0 Å². The Balaban J connectivity index is 1.21. The molecular weight excluding hydrogens is 490 g/mol. The third kappa shape index (κ3) is 6.20. The summed E-state index contributed by atoms with van der Waals surface area (Å²) >= 11 is 4.85. The molecule has 168 valence electrons. The summed E-state index contributed by atoms with van der Waals surface area (Å²) in [5.74, 6) is 2.15. The second kappa shape index (κ2) is 10.8. The lowest BCUT2D eigenvalue weighted by atomic mass is 9.97. The van der Waals surface area contributed by atoms with Crippen LogP contribution in [-0.2, 0) is 6.42 Å². The van der Waals surface area contributed by atoms with E-state index in [0.29, 0.717) is 18.9 Å². The summed E-state index contributed by atoms with van der Waals surface area (Å²) in [6, 6.07) is 15.4. The molecule has 1 aliphatic rings. The molecule has 0 aliphatic carbocycles. The SMILES string of the molecule is COc1cccc(Cc2nsc(N3CCC(CNC(=O)Nc4ccc(Br)cc4)CC3)n2)c1. The van der Waals surface area contributed by atoms with E-state index >= 15 is 0 Å². The largest absolute Gasteiger partial charge is 0.497 e. The summed E-state index contributed by atoms with van der Waals surface area (Å²) in [6.45, 7) is 2.52. The van der Waals surface area contributed by atoms with Gasteiger partial charge < -0.3 is 20.3 Å². The van der Waals surface area contributed by atoms with E-state index in [4.69, 9.17) is 9.72 Å². The third-order valence-electron chi connectivity index (χ3n) is 5.49. The summed E-state index contributed by atoms with van der Waals surface area (Å²) in [6.07, 6.45) is 2.73. The van der Waals surface area contributed by atoms with Gasteiger partial charge in [-0.15, -0.1) is 0 Å². The van der Waals surface area contributed by atoms with Crippen molar-refractivity contribution < 1.29 is 9.53 Å². The molecule has 2 N–H and O–H groups in total. The molecule has 2 aromatic carbocycles. The highest BCUT2D eigenvalue weighted by molar-refractivity contribution is 9.10. The Morgan fingerprint density at radius 2 is 2.00 bits per heavy atom. The summed E-state index contributed by atoms with van der Waals surface area (Å²) < 4.78 is 10.8. The van der Waals surface area contributed by atoms with E-state index in [2.05, 4.69) is 41.9 Å². The van der Waals surface area contributed by atoms with Crippen LogP contribution in [0.15, 0.2) is 53.0 Å². The zero-order valence-electron chi connectivity index (χ0n) is 17.9. The number of halogens is 1. The van der Waals surface area contributed by atoms with Crippen molar-refractivity contribution >= 4 is 44.3 Å². The van der Waals surface area contributed by atoms with Crippen molar-refractivity contribution in [3.05, 3.63) is 64.4 Å². The second-order valence-corrected chi connectivity index (χ2v) is 9.44. The third-order valence-corrected chi connectivity index (χ3v) is 6.84. The van der Waals surface area contributed by atoms with Crippen molar-refractivity contribution in [1.29, 1.82) is 0 Å². The smallest absolute Gasteiger partial charge is 0.319 e. The molecule has 0 atom stereocenters. The van der Waals surface area contributed by atoms with Gasteiger partial charge in [-0.05, 0) is 60.7 Å². The van der Waals surface area contributed by atoms with Crippen molar-refractivity contribution in [2.24, 2.45) is 5.92 Å². The number of aromatic nitrogens is 2. The molecule has 9 heteroatoms. The van der Waals surface area contributed by atoms with Gasteiger partial charge in [0, 0.05) is 47.7 Å². The standard InChI is InChI=1S/C23H26BrN5O2S/c1-31-20-4-2-3-17(13-20)14-21-27-23(32-28-21)29-11-9-16(10-12-29)15-25-22(30)26-19-7-5-18(24)6-8-19/h2-8,13,16H,9-12,14-15H2,1H3,(H2,25,26,30). The number of carbonyl (C=O) groups excluding carboxylic acids is 1. The Bertz CT molecular complexity index is 1030. The van der Waals surface area contributed by atoms with Gasteiger partial charge in [-0.1, -0.05) is 28.1 Å². The van der Waals surface area contributed by atoms with Crippen LogP contribution in [0.3, 0.4) is 0 Å². The van der Waals surface area contributed by atoms with Crippen molar-refractivity contribution in [1.82, 2.24) is 14.7 Å². The van der Waals surface area contributed by atoms with Crippen LogP contribution in [0.25, 0.3) is 0 Å². The molecular formula is C23H26BrN5O2S. The number of anilines is 2. The maximum atomic E-state index is 12.2. The average Bonchev–Trinajstić information content (AvgIpc) is 3.28. The normalized spacial score (nSPS) is 14.2. The molecule has 3 aromatic rings. The molecule has 0 radical (unpaired) electrons. The molecule has 2 amide bonds. The van der Waals surface area contributed by atoms with Crippen LogP contribution in [0.4, 0.5) is 15.6 Å². The predicted molar refractivity (Wildman–Crippen MR) is 132 cm³/mol. The van der Waals surface area contributed by atoms with Crippen LogP contribution in [0, 0.1) is 5.92 Å². The van der Waals surface area contributed by atoms with E-state index in [9.17, 15) is 4.79 Å². The topological polar surface area (TPSA) is 79.4 Å². The number of nitrogens with zero attached hydrogens (tertiary/aromatic N) is 3. The fourth-order valence-corrected chi connectivity index (χ4v) is 4.68. The number of piperidine rings is 1. The lowest BCUT2D eigenvalue weighted by Gasteiger charge is -2.31. The Hall–Kier alpha value is -2.65. The van der Waals surface area contributed by atoms with Crippen molar-refractivity contribution in [2.45, 2.75) is 19.3 Å². The van der Waals surface area contributed by atoms with Crippen LogP contribution in [0.1, 0.15) is 24.2 Å². The van der Waals surface area contributed by atoms with Crippen molar-refractivity contribution in [3.8, 4) is 5.75 Å². The first-order chi connectivity index (χ1) is 15.6. The molecule has 0 unspecified atom stereocenters. The minimum absolute atomic E-state index is 0.166. The summed E-state index contributed by atoms with van der Waals surface area (Å²) in [7, 11) is 1.67. The highest BCUT2D eigenvalue weighted by atomic mass is 79.9. The Kier molecular flexibility index (Phi) is 7.59. The van der Waals surface area contributed by atoms with Crippen molar-refractivity contribution in [2.75, 3.05) is 37.0 Å².